The highest BCUT2D eigenvalue weighted by molar-refractivity contribution is 5.90. The summed E-state index contributed by atoms with van der Waals surface area (Å²) in [4.78, 5) is 16.4. The molecule has 122 valence electrons. The van der Waals surface area contributed by atoms with Crippen LogP contribution in [0.15, 0.2) is 34.8 Å². The van der Waals surface area contributed by atoms with Gasteiger partial charge in [-0.3, -0.25) is 4.90 Å². The molecule has 0 saturated carbocycles. The van der Waals surface area contributed by atoms with Crippen molar-refractivity contribution in [1.29, 1.82) is 5.39 Å². The molecule has 0 aromatic heterocycles. The van der Waals surface area contributed by atoms with Crippen molar-refractivity contribution in [2.24, 2.45) is 0 Å². The molecule has 0 aliphatic carbocycles. The average Bonchev–Trinajstić information content (AvgIpc) is 2.41. The summed E-state index contributed by atoms with van der Waals surface area (Å²) in [6.45, 7) is 11.6. The SMILES string of the molecule is CC(C)=CCN(CC=C(C)C)CCOC(=O)/C([N+]#N)=C(/C)O. The summed E-state index contributed by atoms with van der Waals surface area (Å²) in [5.74, 6) is -1.22. The van der Waals surface area contributed by atoms with E-state index in [9.17, 15) is 9.90 Å². The number of ether oxygens (including phenoxy) is 1. The molecule has 0 bridgehead atoms. The van der Waals surface area contributed by atoms with E-state index in [0.29, 0.717) is 6.54 Å². The van der Waals surface area contributed by atoms with Crippen LogP contribution in [0.3, 0.4) is 0 Å². The van der Waals surface area contributed by atoms with Gasteiger partial charge >= 0.3 is 11.7 Å². The van der Waals surface area contributed by atoms with E-state index in [0.717, 1.165) is 13.1 Å². The van der Waals surface area contributed by atoms with Crippen LogP contribution in [0.4, 0.5) is 0 Å². The topological polar surface area (TPSA) is 77.9 Å². The van der Waals surface area contributed by atoms with Gasteiger partial charge < -0.3 is 9.84 Å². The minimum atomic E-state index is -0.841. The Bertz CT molecular complexity index is 481. The fraction of sp³-hybridized carbons (Fsp3) is 0.562. The molecular weight excluding hydrogens is 282 g/mol. The second-order valence-corrected chi connectivity index (χ2v) is 5.49. The number of hydrogen-bond acceptors (Lipinski definition) is 5. The van der Waals surface area contributed by atoms with Crippen LogP contribution in [0.2, 0.25) is 0 Å². The Kier molecular flexibility index (Phi) is 9.55. The van der Waals surface area contributed by atoms with E-state index in [1.807, 2.05) is 27.7 Å². The van der Waals surface area contributed by atoms with E-state index in [2.05, 4.69) is 22.0 Å². The van der Waals surface area contributed by atoms with Gasteiger partial charge in [0.15, 0.2) is 10.7 Å². The van der Waals surface area contributed by atoms with Crippen molar-refractivity contribution in [2.75, 3.05) is 26.2 Å². The van der Waals surface area contributed by atoms with E-state index < -0.39 is 11.7 Å². The number of diazo groups is 1. The van der Waals surface area contributed by atoms with Crippen LogP contribution in [-0.4, -0.2) is 42.2 Å². The van der Waals surface area contributed by atoms with Gasteiger partial charge in [-0.25, -0.2) is 4.79 Å². The molecule has 0 aliphatic heterocycles. The third-order valence-corrected chi connectivity index (χ3v) is 2.79. The van der Waals surface area contributed by atoms with Crippen molar-refractivity contribution in [1.82, 2.24) is 4.90 Å². The molecular formula is C16H26N3O3+. The van der Waals surface area contributed by atoms with Crippen LogP contribution in [0, 0.1) is 5.39 Å². The number of rotatable bonds is 8. The number of hydrogen-bond donors (Lipinski definition) is 1. The minimum Gasteiger partial charge on any atom is -0.505 e. The number of aliphatic hydroxyl groups is 1. The van der Waals surface area contributed by atoms with Gasteiger partial charge in [0.05, 0.1) is 0 Å². The first-order valence-corrected chi connectivity index (χ1v) is 7.19. The van der Waals surface area contributed by atoms with Crippen molar-refractivity contribution >= 4 is 5.97 Å². The van der Waals surface area contributed by atoms with Crippen molar-refractivity contribution < 1.29 is 14.6 Å². The molecule has 0 atom stereocenters. The Morgan fingerprint density at radius 2 is 1.64 bits per heavy atom. The predicted octanol–water partition coefficient (Wildman–Crippen LogP) is 3.41. The lowest BCUT2D eigenvalue weighted by atomic mass is 10.3. The molecule has 22 heavy (non-hydrogen) atoms. The fourth-order valence-corrected chi connectivity index (χ4v) is 1.48. The normalized spacial score (nSPS) is 11.3. The molecule has 0 amide bonds. The first kappa shape index (κ1) is 19.9. The van der Waals surface area contributed by atoms with Crippen LogP contribution < -0.4 is 0 Å². The Hall–Kier alpha value is -2.13. The van der Waals surface area contributed by atoms with Gasteiger partial charge in [0.1, 0.15) is 6.61 Å². The first-order chi connectivity index (χ1) is 10.3. The molecule has 0 aromatic carbocycles. The summed E-state index contributed by atoms with van der Waals surface area (Å²) in [5, 5.41) is 17.8. The lowest BCUT2D eigenvalue weighted by molar-refractivity contribution is -0.139. The monoisotopic (exact) mass is 308 g/mol. The van der Waals surface area contributed by atoms with Gasteiger partial charge in [0.2, 0.25) is 5.39 Å². The largest absolute Gasteiger partial charge is 0.505 e. The maximum Gasteiger partial charge on any atom is 0.504 e. The molecule has 0 heterocycles. The molecule has 0 aliphatic rings. The van der Waals surface area contributed by atoms with Crippen molar-refractivity contribution in [3.63, 3.8) is 0 Å². The molecule has 6 nitrogen and oxygen atoms in total. The van der Waals surface area contributed by atoms with Crippen molar-refractivity contribution in [3.05, 3.63) is 39.7 Å². The van der Waals surface area contributed by atoms with Crippen LogP contribution >= 0.6 is 0 Å². The van der Waals surface area contributed by atoms with E-state index in [-0.39, 0.29) is 12.4 Å². The second-order valence-electron chi connectivity index (χ2n) is 5.49. The minimum absolute atomic E-state index is 0.151. The van der Waals surface area contributed by atoms with Gasteiger partial charge in [-0.2, -0.15) is 0 Å². The fourth-order valence-electron chi connectivity index (χ4n) is 1.48. The Labute approximate surface area is 132 Å². The molecule has 0 fully saturated rings. The van der Waals surface area contributed by atoms with E-state index in [1.165, 1.54) is 18.1 Å². The number of nitrogens with zero attached hydrogens (tertiary/aromatic N) is 3. The van der Waals surface area contributed by atoms with E-state index in [4.69, 9.17) is 10.1 Å². The number of aliphatic hydroxyl groups excluding tert-OH is 1. The molecule has 0 saturated heterocycles. The van der Waals surface area contributed by atoms with Gasteiger partial charge in [-0.15, -0.1) is 0 Å². The highest BCUT2D eigenvalue weighted by Gasteiger charge is 2.28. The lowest BCUT2D eigenvalue weighted by Gasteiger charge is -2.19. The van der Waals surface area contributed by atoms with Gasteiger partial charge in [-0.1, -0.05) is 23.3 Å². The Morgan fingerprint density at radius 1 is 1.14 bits per heavy atom. The quantitative estimate of drug-likeness (QED) is 0.244. The van der Waals surface area contributed by atoms with E-state index >= 15 is 0 Å². The maximum atomic E-state index is 11.6. The summed E-state index contributed by atoms with van der Waals surface area (Å²) < 4.78 is 5.01. The van der Waals surface area contributed by atoms with Gasteiger partial charge in [0.25, 0.3) is 0 Å². The highest BCUT2D eigenvalue weighted by Crippen LogP contribution is 2.05. The molecule has 0 spiro atoms. The summed E-state index contributed by atoms with van der Waals surface area (Å²) in [5.41, 5.74) is 1.97. The summed E-state index contributed by atoms with van der Waals surface area (Å²) in [6, 6.07) is 0. The standard InChI is InChI=1S/C16H25N3O3/c1-12(2)6-8-19(9-7-13(3)4)10-11-22-16(21)15(18-17)14(5)20/h6-7H,8-11H2,1-5H3/p+1. The molecule has 6 heteroatoms. The summed E-state index contributed by atoms with van der Waals surface area (Å²) in [6.07, 6.45) is 4.21. The predicted molar refractivity (Wildman–Crippen MR) is 86.7 cm³/mol. The third kappa shape index (κ3) is 8.93. The number of esters is 1. The first-order valence-electron chi connectivity index (χ1n) is 7.19. The second kappa shape index (κ2) is 10.6. The van der Waals surface area contributed by atoms with Crippen LogP contribution in [0.1, 0.15) is 34.6 Å². The van der Waals surface area contributed by atoms with Gasteiger partial charge in [0, 0.05) is 26.6 Å². The molecule has 0 rings (SSSR count). The lowest BCUT2D eigenvalue weighted by Crippen LogP contribution is -2.29. The van der Waals surface area contributed by atoms with Crippen LogP contribution in [-0.2, 0) is 9.53 Å². The van der Waals surface area contributed by atoms with Crippen molar-refractivity contribution in [3.8, 4) is 0 Å². The number of carbonyl (C=O) groups excluding carboxylic acids is 1. The molecule has 1 N–H and O–H groups in total. The zero-order valence-electron chi connectivity index (χ0n) is 14.1. The van der Waals surface area contributed by atoms with Crippen LogP contribution in [0.5, 0.6) is 0 Å². The zero-order chi connectivity index (χ0) is 17.1. The Balaban J connectivity index is 4.54. The smallest absolute Gasteiger partial charge is 0.504 e. The Morgan fingerprint density at radius 3 is 2.00 bits per heavy atom. The van der Waals surface area contributed by atoms with Crippen LogP contribution in [0.25, 0.3) is 4.98 Å². The third-order valence-electron chi connectivity index (χ3n) is 2.79. The van der Waals surface area contributed by atoms with Crippen molar-refractivity contribution in [2.45, 2.75) is 34.6 Å². The number of carbonyl (C=O) groups is 1. The average molecular weight is 308 g/mol. The molecule has 0 unspecified atom stereocenters. The number of allylic oxidation sites excluding steroid dienone is 3. The highest BCUT2D eigenvalue weighted by atomic mass is 16.5. The van der Waals surface area contributed by atoms with E-state index in [1.54, 1.807) is 0 Å². The zero-order valence-corrected chi connectivity index (χ0v) is 14.1. The molecule has 0 aromatic rings. The molecule has 0 radical (unpaired) electrons. The summed E-state index contributed by atoms with van der Waals surface area (Å²) in [7, 11) is 0. The maximum absolute atomic E-state index is 11.6. The van der Waals surface area contributed by atoms with Gasteiger partial charge in [-0.05, 0) is 27.7 Å². The summed E-state index contributed by atoms with van der Waals surface area (Å²) >= 11 is 0.